The number of fused-ring (bicyclic) bond motifs is 1. The molecule has 0 saturated carbocycles. The van der Waals surface area contributed by atoms with E-state index in [2.05, 4.69) is 10.1 Å². The predicted octanol–water partition coefficient (Wildman–Crippen LogP) is 3.65. The number of halogens is 4. The Bertz CT molecular complexity index is 809. The molecule has 2 heterocycles. The van der Waals surface area contributed by atoms with Crippen LogP contribution in [0.2, 0.25) is 5.02 Å². The summed E-state index contributed by atoms with van der Waals surface area (Å²) in [7, 11) is 0. The lowest BCUT2D eigenvalue weighted by Gasteiger charge is -2.15. The summed E-state index contributed by atoms with van der Waals surface area (Å²) in [4.78, 5) is 3.63. The van der Waals surface area contributed by atoms with Crippen molar-refractivity contribution in [3.8, 4) is 11.1 Å². The van der Waals surface area contributed by atoms with Gasteiger partial charge in [-0.15, -0.1) is 0 Å². The Morgan fingerprint density at radius 1 is 1.10 bits per heavy atom. The highest BCUT2D eigenvalue weighted by atomic mass is 35.5. The van der Waals surface area contributed by atoms with Crippen molar-refractivity contribution in [1.82, 2.24) is 14.6 Å². The lowest BCUT2D eigenvalue weighted by atomic mass is 10.0. The maximum Gasteiger partial charge on any atom is 0.434 e. The summed E-state index contributed by atoms with van der Waals surface area (Å²) in [6.07, 6.45) is -3.29. The highest BCUT2D eigenvalue weighted by Crippen LogP contribution is 2.39. The molecule has 4 nitrogen and oxygen atoms in total. The van der Waals surface area contributed by atoms with Gasteiger partial charge in [0.05, 0.1) is 11.8 Å². The van der Waals surface area contributed by atoms with Crippen molar-refractivity contribution in [3.05, 3.63) is 47.2 Å². The van der Waals surface area contributed by atoms with Crippen LogP contribution in [-0.2, 0) is 6.18 Å². The van der Waals surface area contributed by atoms with Gasteiger partial charge in [0.1, 0.15) is 5.82 Å². The van der Waals surface area contributed by atoms with Gasteiger partial charge in [0.2, 0.25) is 0 Å². The van der Waals surface area contributed by atoms with Gasteiger partial charge in [-0.2, -0.15) is 22.8 Å². The molecule has 0 aliphatic heterocycles. The van der Waals surface area contributed by atoms with E-state index in [1.807, 2.05) is 0 Å². The van der Waals surface area contributed by atoms with Crippen molar-refractivity contribution in [2.75, 3.05) is 5.73 Å². The maximum absolute atomic E-state index is 13.3. The normalized spacial score (nSPS) is 12.0. The molecule has 3 rings (SSSR count). The minimum Gasteiger partial charge on any atom is -0.383 e. The lowest BCUT2D eigenvalue weighted by Crippen LogP contribution is -2.15. The molecule has 21 heavy (non-hydrogen) atoms. The molecule has 1 aromatic carbocycles. The van der Waals surface area contributed by atoms with Crippen molar-refractivity contribution < 1.29 is 13.2 Å². The number of benzene rings is 1. The van der Waals surface area contributed by atoms with Gasteiger partial charge in [-0.25, -0.2) is 4.98 Å². The number of rotatable bonds is 1. The second kappa shape index (κ2) is 4.63. The van der Waals surface area contributed by atoms with Crippen LogP contribution in [0.4, 0.5) is 19.0 Å². The molecule has 0 atom stereocenters. The average Bonchev–Trinajstić information content (AvgIpc) is 2.88. The van der Waals surface area contributed by atoms with Crippen LogP contribution in [0.25, 0.3) is 16.8 Å². The molecule has 3 aromatic rings. The van der Waals surface area contributed by atoms with Gasteiger partial charge < -0.3 is 5.73 Å². The zero-order chi connectivity index (χ0) is 15.2. The summed E-state index contributed by atoms with van der Waals surface area (Å²) in [5, 5.41) is 4.30. The molecule has 8 heteroatoms. The smallest absolute Gasteiger partial charge is 0.383 e. The number of hydrogen-bond acceptors (Lipinski definition) is 3. The third kappa shape index (κ3) is 2.29. The summed E-state index contributed by atoms with van der Waals surface area (Å²) in [5.41, 5.74) is 4.91. The molecule has 0 fully saturated rings. The minimum atomic E-state index is -4.63. The van der Waals surface area contributed by atoms with E-state index in [0.717, 1.165) is 0 Å². The molecule has 0 unspecified atom stereocenters. The Labute approximate surface area is 122 Å². The number of nitrogen functional groups attached to an aromatic ring is 1. The Kier molecular flexibility index (Phi) is 3.02. The maximum atomic E-state index is 13.3. The van der Waals surface area contributed by atoms with Crippen LogP contribution in [0.1, 0.15) is 5.69 Å². The highest BCUT2D eigenvalue weighted by Gasteiger charge is 2.37. The van der Waals surface area contributed by atoms with Crippen LogP contribution in [-0.4, -0.2) is 14.6 Å². The number of aromatic nitrogens is 3. The zero-order valence-corrected chi connectivity index (χ0v) is 11.2. The topological polar surface area (TPSA) is 56.2 Å². The molecule has 0 amide bonds. The summed E-state index contributed by atoms with van der Waals surface area (Å²) in [6, 6.07) is 7.26. The Hall–Kier alpha value is -2.28. The average molecular weight is 313 g/mol. The second-order valence-electron chi connectivity index (χ2n) is 4.33. The first-order valence-corrected chi connectivity index (χ1v) is 6.22. The van der Waals surface area contributed by atoms with Crippen LogP contribution >= 0.6 is 11.6 Å². The molecule has 0 aliphatic carbocycles. The molecule has 0 aliphatic rings. The van der Waals surface area contributed by atoms with Gasteiger partial charge in [-0.05, 0) is 17.7 Å². The van der Waals surface area contributed by atoms with Gasteiger partial charge in [0.15, 0.2) is 11.3 Å². The Morgan fingerprint density at radius 3 is 2.38 bits per heavy atom. The fourth-order valence-corrected chi connectivity index (χ4v) is 2.20. The first-order chi connectivity index (χ1) is 9.88. The Morgan fingerprint density at radius 2 is 1.76 bits per heavy atom. The zero-order valence-electron chi connectivity index (χ0n) is 10.4. The Balaban J connectivity index is 2.37. The van der Waals surface area contributed by atoms with Gasteiger partial charge in [0.25, 0.3) is 0 Å². The quantitative estimate of drug-likeness (QED) is 0.746. The van der Waals surface area contributed by atoms with Crippen molar-refractivity contribution in [2.45, 2.75) is 6.18 Å². The fourth-order valence-electron chi connectivity index (χ4n) is 2.07. The molecule has 2 N–H and O–H groups in total. The third-order valence-corrected chi connectivity index (χ3v) is 3.22. The molecule has 0 saturated heterocycles. The summed E-state index contributed by atoms with van der Waals surface area (Å²) < 4.78 is 40.9. The molecule has 108 valence electrons. The van der Waals surface area contributed by atoms with E-state index >= 15 is 0 Å². The third-order valence-electron chi connectivity index (χ3n) is 2.97. The van der Waals surface area contributed by atoms with Crippen molar-refractivity contribution in [1.29, 1.82) is 0 Å². The molecular weight excluding hydrogens is 305 g/mol. The number of anilines is 1. The second-order valence-corrected chi connectivity index (χ2v) is 4.76. The minimum absolute atomic E-state index is 0.0394. The van der Waals surface area contributed by atoms with Gasteiger partial charge >= 0.3 is 6.18 Å². The van der Waals surface area contributed by atoms with Crippen molar-refractivity contribution in [2.24, 2.45) is 0 Å². The highest BCUT2D eigenvalue weighted by molar-refractivity contribution is 6.30. The monoisotopic (exact) mass is 312 g/mol. The van der Waals surface area contributed by atoms with Crippen LogP contribution in [0, 0.1) is 0 Å². The largest absolute Gasteiger partial charge is 0.434 e. The SMILES string of the molecule is Nc1c(-c2ccc(Cl)cc2)c(C(F)(F)F)nc2ccnn12. The van der Waals surface area contributed by atoms with E-state index in [0.29, 0.717) is 5.02 Å². The van der Waals surface area contributed by atoms with Crippen LogP contribution in [0.3, 0.4) is 0 Å². The number of hydrogen-bond donors (Lipinski definition) is 1. The molecular formula is C13H8ClF3N4. The van der Waals surface area contributed by atoms with Gasteiger partial charge in [-0.3, -0.25) is 0 Å². The van der Waals surface area contributed by atoms with Gasteiger partial charge in [-0.1, -0.05) is 23.7 Å². The van der Waals surface area contributed by atoms with Crippen LogP contribution in [0.5, 0.6) is 0 Å². The fraction of sp³-hybridized carbons (Fsp3) is 0.0769. The summed E-state index contributed by atoms with van der Waals surface area (Å²) in [5.74, 6) is -0.125. The molecule has 0 bridgehead atoms. The van der Waals surface area contributed by atoms with Crippen LogP contribution < -0.4 is 5.73 Å². The number of alkyl halides is 3. The number of nitrogens with zero attached hydrogens (tertiary/aromatic N) is 3. The predicted molar refractivity (Wildman–Crippen MR) is 72.8 cm³/mol. The lowest BCUT2D eigenvalue weighted by molar-refractivity contribution is -0.140. The van der Waals surface area contributed by atoms with Crippen LogP contribution in [0.15, 0.2) is 36.5 Å². The standard InChI is InChI=1S/C13H8ClF3N4/c14-8-3-1-7(2-4-8)10-11(13(15,16)17)20-9-5-6-19-21(9)12(10)18/h1-6H,18H2. The van der Waals surface area contributed by atoms with Gasteiger partial charge in [0, 0.05) is 11.1 Å². The van der Waals surface area contributed by atoms with E-state index < -0.39 is 11.9 Å². The number of nitrogens with two attached hydrogens (primary N) is 1. The summed E-state index contributed by atoms with van der Waals surface area (Å²) >= 11 is 5.76. The molecule has 2 aromatic heterocycles. The molecule has 0 radical (unpaired) electrons. The van der Waals surface area contributed by atoms with E-state index in [9.17, 15) is 13.2 Å². The van der Waals surface area contributed by atoms with E-state index in [1.165, 1.54) is 41.0 Å². The van der Waals surface area contributed by atoms with E-state index in [-0.39, 0.29) is 22.6 Å². The van der Waals surface area contributed by atoms with E-state index in [4.69, 9.17) is 17.3 Å². The first kappa shape index (κ1) is 13.7. The first-order valence-electron chi connectivity index (χ1n) is 5.84. The van der Waals surface area contributed by atoms with Crippen molar-refractivity contribution >= 4 is 23.1 Å². The summed E-state index contributed by atoms with van der Waals surface area (Å²) in [6.45, 7) is 0. The van der Waals surface area contributed by atoms with Crippen molar-refractivity contribution in [3.63, 3.8) is 0 Å². The van der Waals surface area contributed by atoms with E-state index in [1.54, 1.807) is 0 Å². The molecule has 0 spiro atoms.